The number of para-hydroxylation sites is 1. The molecule has 3 aromatic rings. The summed E-state index contributed by atoms with van der Waals surface area (Å²) >= 11 is 0. The normalized spacial score (nSPS) is 19.8. The first kappa shape index (κ1) is 31.5. The smallest absolute Gasteiger partial charge is 0.308 e. The van der Waals surface area contributed by atoms with Crippen LogP contribution in [0.1, 0.15) is 48.8 Å². The van der Waals surface area contributed by atoms with E-state index in [2.05, 4.69) is 6.92 Å². The molecule has 1 saturated heterocycles. The zero-order valence-electron chi connectivity index (χ0n) is 26.3. The van der Waals surface area contributed by atoms with Gasteiger partial charge < -0.3 is 39.4 Å². The number of unbranched alkanes of at least 4 members (excludes halogenated alkanes) is 1. The molecular formula is C35H41N3O8. The molecule has 1 amide bonds. The van der Waals surface area contributed by atoms with Crippen molar-refractivity contribution in [2.45, 2.75) is 51.1 Å². The Balaban J connectivity index is 1.33. The average Bonchev–Trinajstić information content (AvgIpc) is 3.82. The van der Waals surface area contributed by atoms with Crippen molar-refractivity contribution in [3.05, 3.63) is 71.3 Å². The summed E-state index contributed by atoms with van der Waals surface area (Å²) in [5, 5.41) is 10.7. The summed E-state index contributed by atoms with van der Waals surface area (Å²) in [6.07, 6.45) is 2.82. The second-order valence-corrected chi connectivity index (χ2v) is 11.9. The molecule has 11 heteroatoms. The van der Waals surface area contributed by atoms with Crippen LogP contribution in [0.5, 0.6) is 28.7 Å². The van der Waals surface area contributed by atoms with Crippen LogP contribution in [0.15, 0.2) is 54.6 Å². The maximum absolute atomic E-state index is 14.2. The number of carbonyl (C=O) groups is 2. The van der Waals surface area contributed by atoms with E-state index < -0.39 is 23.8 Å². The molecule has 0 saturated carbocycles. The van der Waals surface area contributed by atoms with Gasteiger partial charge in [-0.05, 0) is 66.3 Å². The number of hydrogen-bond acceptors (Lipinski definition) is 9. The molecule has 0 unspecified atom stereocenters. The number of benzene rings is 3. The number of rotatable bonds is 13. The van der Waals surface area contributed by atoms with E-state index in [0.29, 0.717) is 61.2 Å². The molecule has 46 heavy (non-hydrogen) atoms. The molecule has 0 aliphatic carbocycles. The predicted octanol–water partition coefficient (Wildman–Crippen LogP) is 4.55. The fraction of sp³-hybridized carbons (Fsp3) is 0.429. The summed E-state index contributed by atoms with van der Waals surface area (Å²) in [5.74, 6) is 0.665. The molecule has 11 nitrogen and oxygen atoms in total. The van der Waals surface area contributed by atoms with Crippen molar-refractivity contribution in [3.8, 4) is 28.7 Å². The summed E-state index contributed by atoms with van der Waals surface area (Å²) in [7, 11) is 1.55. The van der Waals surface area contributed by atoms with Crippen LogP contribution in [-0.4, -0.2) is 68.3 Å². The van der Waals surface area contributed by atoms with Crippen LogP contribution >= 0.6 is 0 Å². The second kappa shape index (κ2) is 13.9. The number of nitrogens with zero attached hydrogens (tertiary/aromatic N) is 2. The van der Waals surface area contributed by atoms with Crippen molar-refractivity contribution >= 4 is 17.6 Å². The second-order valence-electron chi connectivity index (χ2n) is 11.9. The third-order valence-electron chi connectivity index (χ3n) is 9.16. The maximum atomic E-state index is 14.2. The van der Waals surface area contributed by atoms with Gasteiger partial charge in [0.1, 0.15) is 0 Å². The number of ether oxygens (including phenoxy) is 5. The zero-order chi connectivity index (χ0) is 32.2. The Kier molecular flexibility index (Phi) is 9.51. The van der Waals surface area contributed by atoms with E-state index in [0.717, 1.165) is 35.2 Å². The highest BCUT2D eigenvalue weighted by molar-refractivity contribution is 5.95. The van der Waals surface area contributed by atoms with E-state index in [9.17, 15) is 14.7 Å². The van der Waals surface area contributed by atoms with Crippen LogP contribution in [0, 0.1) is 5.92 Å². The van der Waals surface area contributed by atoms with Crippen molar-refractivity contribution in [3.63, 3.8) is 0 Å². The summed E-state index contributed by atoms with van der Waals surface area (Å²) in [6, 6.07) is 16.7. The molecular weight excluding hydrogens is 590 g/mol. The highest BCUT2D eigenvalue weighted by atomic mass is 16.7. The molecule has 6 rings (SSSR count). The van der Waals surface area contributed by atoms with Crippen molar-refractivity contribution in [2.75, 3.05) is 45.2 Å². The summed E-state index contributed by atoms with van der Waals surface area (Å²) in [5.41, 5.74) is 9.37. The highest BCUT2D eigenvalue weighted by Gasteiger charge is 2.47. The van der Waals surface area contributed by atoms with E-state index in [1.54, 1.807) is 7.11 Å². The molecule has 3 N–H and O–H groups in total. The quantitative estimate of drug-likeness (QED) is 0.277. The Bertz CT molecular complexity index is 1580. The van der Waals surface area contributed by atoms with Crippen LogP contribution in [0.25, 0.3) is 0 Å². The number of carboxylic acids is 1. The lowest BCUT2D eigenvalue weighted by molar-refractivity contribution is -0.143. The highest BCUT2D eigenvalue weighted by Crippen LogP contribution is 2.47. The third kappa shape index (κ3) is 6.29. The van der Waals surface area contributed by atoms with Crippen LogP contribution in [0.3, 0.4) is 0 Å². The lowest BCUT2D eigenvalue weighted by Crippen LogP contribution is -2.44. The largest absolute Gasteiger partial charge is 0.493 e. The Hall–Kier alpha value is -4.48. The molecule has 3 atom stereocenters. The first-order valence-corrected chi connectivity index (χ1v) is 15.8. The maximum Gasteiger partial charge on any atom is 0.308 e. The van der Waals surface area contributed by atoms with Gasteiger partial charge in [0.25, 0.3) is 0 Å². The molecule has 3 heterocycles. The first-order chi connectivity index (χ1) is 22.4. The van der Waals surface area contributed by atoms with Crippen LogP contribution in [0.4, 0.5) is 5.69 Å². The first-order valence-electron chi connectivity index (χ1n) is 15.8. The van der Waals surface area contributed by atoms with Gasteiger partial charge in [0, 0.05) is 37.3 Å². The number of amides is 1. The van der Waals surface area contributed by atoms with Gasteiger partial charge >= 0.3 is 5.97 Å². The van der Waals surface area contributed by atoms with E-state index in [-0.39, 0.29) is 26.0 Å². The SMILES string of the molecule is CCCCN(C(=O)CN1C[C@H](c2cc(OC)c3c(c2)OCO3)[C@@H](C(=O)O)[C@@H]1CCc1cccc2c1OCO2)c1cccc(CN)c1. The minimum absolute atomic E-state index is 0.0652. The van der Waals surface area contributed by atoms with E-state index in [1.165, 1.54) is 0 Å². The van der Waals surface area contributed by atoms with Crippen LogP contribution in [0.2, 0.25) is 0 Å². The minimum atomic E-state index is -0.919. The molecule has 0 bridgehead atoms. The number of likely N-dealkylation sites (tertiary alicyclic amines) is 1. The van der Waals surface area contributed by atoms with Crippen molar-refractivity contribution in [1.29, 1.82) is 0 Å². The number of anilines is 1. The van der Waals surface area contributed by atoms with Crippen molar-refractivity contribution < 1.29 is 38.4 Å². The van der Waals surface area contributed by atoms with Gasteiger partial charge in [-0.15, -0.1) is 0 Å². The number of aryl methyl sites for hydroxylation is 1. The number of hydrogen-bond donors (Lipinski definition) is 2. The van der Waals surface area contributed by atoms with Gasteiger partial charge in [-0.2, -0.15) is 0 Å². The van der Waals surface area contributed by atoms with Gasteiger partial charge in [0.2, 0.25) is 25.2 Å². The lowest BCUT2D eigenvalue weighted by atomic mass is 9.83. The molecule has 0 radical (unpaired) electrons. The number of fused-ring (bicyclic) bond motifs is 2. The zero-order valence-corrected chi connectivity index (χ0v) is 26.3. The topological polar surface area (TPSA) is 133 Å². The molecule has 3 aliphatic rings. The van der Waals surface area contributed by atoms with Crippen molar-refractivity contribution in [2.24, 2.45) is 11.7 Å². The summed E-state index contributed by atoms with van der Waals surface area (Å²) in [4.78, 5) is 31.1. The van der Waals surface area contributed by atoms with Gasteiger partial charge in [0.15, 0.2) is 23.0 Å². The molecule has 3 aromatic carbocycles. The van der Waals surface area contributed by atoms with Crippen LogP contribution in [-0.2, 0) is 22.6 Å². The Morgan fingerprint density at radius 1 is 1.02 bits per heavy atom. The van der Waals surface area contributed by atoms with E-state index in [1.807, 2.05) is 64.4 Å². The van der Waals surface area contributed by atoms with Gasteiger partial charge in [-0.3, -0.25) is 14.5 Å². The third-order valence-corrected chi connectivity index (χ3v) is 9.16. The Labute approximate surface area is 268 Å². The van der Waals surface area contributed by atoms with E-state index in [4.69, 9.17) is 29.4 Å². The number of methoxy groups -OCH3 is 1. The van der Waals surface area contributed by atoms with Crippen molar-refractivity contribution in [1.82, 2.24) is 4.90 Å². The fourth-order valence-electron chi connectivity index (χ4n) is 6.87. The predicted molar refractivity (Wildman–Crippen MR) is 171 cm³/mol. The number of aliphatic carboxylic acids is 1. The Morgan fingerprint density at radius 3 is 2.57 bits per heavy atom. The fourth-order valence-corrected chi connectivity index (χ4v) is 6.87. The summed E-state index contributed by atoms with van der Waals surface area (Å²) < 4.78 is 28.2. The van der Waals surface area contributed by atoms with Gasteiger partial charge in [0.05, 0.1) is 19.6 Å². The number of carbonyl (C=O) groups excluding carboxylic acids is 1. The molecule has 0 aromatic heterocycles. The Morgan fingerprint density at radius 2 is 1.80 bits per heavy atom. The van der Waals surface area contributed by atoms with Gasteiger partial charge in [-0.1, -0.05) is 37.6 Å². The lowest BCUT2D eigenvalue weighted by Gasteiger charge is -2.30. The van der Waals surface area contributed by atoms with E-state index >= 15 is 0 Å². The average molecular weight is 632 g/mol. The standard InChI is InChI=1S/C35H41N3O8/c1-3-4-13-38(25-9-5-7-22(14-25)17-36)31(39)19-37-18-26(24-15-29(42-2)34-30(16-24)44-21-46-34)32(35(40)41)27(37)12-11-23-8-6-10-28-33(23)45-20-43-28/h5-10,14-16,26-27,32H,3-4,11-13,17-21,36H2,1-2H3,(H,40,41)/t26-,27+,32-/m1/s1. The number of carboxylic acid groups (broad SMARTS) is 1. The summed E-state index contributed by atoms with van der Waals surface area (Å²) in [6.45, 7) is 3.67. The monoisotopic (exact) mass is 631 g/mol. The molecule has 244 valence electrons. The minimum Gasteiger partial charge on any atom is -0.493 e. The number of nitrogens with two attached hydrogens (primary N) is 1. The van der Waals surface area contributed by atoms with Crippen LogP contribution < -0.4 is 34.3 Å². The molecule has 0 spiro atoms. The van der Waals surface area contributed by atoms with Gasteiger partial charge in [-0.25, -0.2) is 0 Å². The molecule has 1 fully saturated rings. The molecule has 3 aliphatic heterocycles.